The van der Waals surface area contributed by atoms with Crippen molar-refractivity contribution in [3.8, 4) is 11.1 Å². The molecule has 5 nitrogen and oxygen atoms in total. The predicted octanol–water partition coefficient (Wildman–Crippen LogP) is 3.23. The molecule has 0 spiro atoms. The number of rotatable bonds is 3. The molecule has 0 unspecified atom stereocenters. The van der Waals surface area contributed by atoms with Crippen LogP contribution in [0.15, 0.2) is 53.6 Å². The van der Waals surface area contributed by atoms with Gasteiger partial charge >= 0.3 is 0 Å². The Kier molecular flexibility index (Phi) is 4.36. The largest absolute Gasteiger partial charge is 0.326 e. The van der Waals surface area contributed by atoms with Gasteiger partial charge in [0.1, 0.15) is 0 Å². The molecule has 0 aliphatic carbocycles. The van der Waals surface area contributed by atoms with Gasteiger partial charge in [0, 0.05) is 49.2 Å². The summed E-state index contributed by atoms with van der Waals surface area (Å²) in [6, 6.07) is 11.8. The van der Waals surface area contributed by atoms with E-state index in [1.165, 1.54) is 0 Å². The molecule has 1 N–H and O–H groups in total. The topological polar surface area (TPSA) is 64.0 Å². The minimum absolute atomic E-state index is 0.00949. The zero-order valence-corrected chi connectivity index (χ0v) is 15.5. The quantitative estimate of drug-likeness (QED) is 0.781. The number of hydrogen-bond acceptors (Lipinski definition) is 3. The molecule has 136 valence electrons. The Hall–Kier alpha value is -3.21. The van der Waals surface area contributed by atoms with Crippen LogP contribution in [0.3, 0.4) is 0 Å². The average molecular weight is 359 g/mol. The summed E-state index contributed by atoms with van der Waals surface area (Å²) in [5.41, 5.74) is 6.97. The molecule has 1 aliphatic heterocycles. The van der Waals surface area contributed by atoms with Crippen LogP contribution >= 0.6 is 0 Å². The van der Waals surface area contributed by atoms with E-state index in [1.54, 1.807) is 17.8 Å². The van der Waals surface area contributed by atoms with E-state index >= 15 is 0 Å². The van der Waals surface area contributed by atoms with Crippen molar-refractivity contribution >= 4 is 11.6 Å². The second-order valence-corrected chi connectivity index (χ2v) is 6.99. The Morgan fingerprint density at radius 1 is 1.15 bits per heavy atom. The second-order valence-electron chi connectivity index (χ2n) is 6.99. The molecular weight excluding hydrogens is 338 g/mol. The van der Waals surface area contributed by atoms with Crippen molar-refractivity contribution in [2.75, 3.05) is 5.32 Å². The SMILES string of the molecule is Cc1cc(-c2ccc3c(c2Cc2ccccn2)CCC(=O)N3)cn(C)c1=O. The van der Waals surface area contributed by atoms with Crippen LogP contribution in [-0.4, -0.2) is 15.5 Å². The molecule has 1 amide bonds. The second kappa shape index (κ2) is 6.83. The number of amides is 1. The molecule has 5 heteroatoms. The molecular formula is C22H21N3O2. The van der Waals surface area contributed by atoms with Gasteiger partial charge < -0.3 is 9.88 Å². The minimum atomic E-state index is 0.00949. The molecule has 0 saturated heterocycles. The summed E-state index contributed by atoms with van der Waals surface area (Å²) < 4.78 is 1.62. The number of fused-ring (bicyclic) bond motifs is 1. The number of carbonyl (C=O) groups is 1. The van der Waals surface area contributed by atoms with Gasteiger partial charge in [0.15, 0.2) is 0 Å². The number of nitrogens with zero attached hydrogens (tertiary/aromatic N) is 2. The third-order valence-corrected chi connectivity index (χ3v) is 5.06. The molecule has 4 rings (SSSR count). The zero-order valence-electron chi connectivity index (χ0n) is 15.5. The van der Waals surface area contributed by atoms with Crippen LogP contribution < -0.4 is 10.9 Å². The molecule has 2 aromatic heterocycles. The number of nitrogens with one attached hydrogen (secondary N) is 1. The van der Waals surface area contributed by atoms with E-state index < -0.39 is 0 Å². The Labute approximate surface area is 157 Å². The Bertz CT molecular complexity index is 1060. The number of pyridine rings is 2. The molecule has 0 fully saturated rings. The maximum Gasteiger partial charge on any atom is 0.253 e. The van der Waals surface area contributed by atoms with Gasteiger partial charge in [0.05, 0.1) is 0 Å². The van der Waals surface area contributed by atoms with Gasteiger partial charge in [-0.15, -0.1) is 0 Å². The Morgan fingerprint density at radius 2 is 2.00 bits per heavy atom. The predicted molar refractivity (Wildman–Crippen MR) is 106 cm³/mol. The van der Waals surface area contributed by atoms with E-state index in [2.05, 4.69) is 10.3 Å². The van der Waals surface area contributed by atoms with Crippen LogP contribution in [0.5, 0.6) is 0 Å². The number of hydrogen-bond donors (Lipinski definition) is 1. The van der Waals surface area contributed by atoms with E-state index in [0.717, 1.165) is 33.6 Å². The monoisotopic (exact) mass is 359 g/mol. The molecule has 27 heavy (non-hydrogen) atoms. The maximum absolute atomic E-state index is 12.1. The van der Waals surface area contributed by atoms with Crippen molar-refractivity contribution in [2.45, 2.75) is 26.2 Å². The first-order valence-electron chi connectivity index (χ1n) is 9.05. The minimum Gasteiger partial charge on any atom is -0.326 e. The van der Waals surface area contributed by atoms with Crippen molar-refractivity contribution in [1.29, 1.82) is 0 Å². The lowest BCUT2D eigenvalue weighted by Gasteiger charge is -2.23. The first kappa shape index (κ1) is 17.2. The highest BCUT2D eigenvalue weighted by Gasteiger charge is 2.21. The summed E-state index contributed by atoms with van der Waals surface area (Å²) in [6.45, 7) is 1.84. The molecule has 0 saturated carbocycles. The zero-order chi connectivity index (χ0) is 19.0. The van der Waals surface area contributed by atoms with Gasteiger partial charge in [-0.25, -0.2) is 0 Å². The lowest BCUT2D eigenvalue weighted by Crippen LogP contribution is -2.21. The first-order valence-corrected chi connectivity index (χ1v) is 9.05. The summed E-state index contributed by atoms with van der Waals surface area (Å²) >= 11 is 0. The molecule has 1 aromatic carbocycles. The summed E-state index contributed by atoms with van der Waals surface area (Å²) in [7, 11) is 1.77. The standard InChI is InChI=1S/C22H21N3O2/c1-14-11-15(13-25(2)22(14)27)17-6-8-20-18(7-9-21(26)24-20)19(17)12-16-5-3-4-10-23-16/h3-6,8,10-11,13H,7,9,12H2,1-2H3,(H,24,26). The fourth-order valence-corrected chi connectivity index (χ4v) is 3.73. The van der Waals surface area contributed by atoms with E-state index in [1.807, 2.05) is 49.5 Å². The first-order chi connectivity index (χ1) is 13.0. The number of benzene rings is 1. The summed E-state index contributed by atoms with van der Waals surface area (Å²) in [4.78, 5) is 28.4. The van der Waals surface area contributed by atoms with E-state index in [-0.39, 0.29) is 11.5 Å². The summed E-state index contributed by atoms with van der Waals surface area (Å²) in [5, 5.41) is 2.98. The molecule has 0 atom stereocenters. The van der Waals surface area contributed by atoms with Gasteiger partial charge in [-0.3, -0.25) is 14.6 Å². The fourth-order valence-electron chi connectivity index (χ4n) is 3.73. The molecule has 3 aromatic rings. The third kappa shape index (κ3) is 3.28. The van der Waals surface area contributed by atoms with Crippen LogP contribution in [-0.2, 0) is 24.7 Å². The van der Waals surface area contributed by atoms with Gasteiger partial charge in [0.25, 0.3) is 5.56 Å². The van der Waals surface area contributed by atoms with Crippen LogP contribution in [0.2, 0.25) is 0 Å². The molecule has 0 bridgehead atoms. The van der Waals surface area contributed by atoms with Crippen LogP contribution in [0.4, 0.5) is 5.69 Å². The van der Waals surface area contributed by atoms with E-state index in [0.29, 0.717) is 24.8 Å². The van der Waals surface area contributed by atoms with Crippen molar-refractivity contribution in [1.82, 2.24) is 9.55 Å². The number of aryl methyl sites for hydroxylation is 2. The number of carbonyl (C=O) groups excluding carboxylic acids is 1. The maximum atomic E-state index is 12.1. The van der Waals surface area contributed by atoms with E-state index in [9.17, 15) is 9.59 Å². The smallest absolute Gasteiger partial charge is 0.253 e. The normalized spacial score (nSPS) is 13.2. The van der Waals surface area contributed by atoms with E-state index in [4.69, 9.17) is 0 Å². The Balaban J connectivity index is 1.91. The lowest BCUT2D eigenvalue weighted by molar-refractivity contribution is -0.116. The van der Waals surface area contributed by atoms with Gasteiger partial charge in [0.2, 0.25) is 5.91 Å². The Morgan fingerprint density at radius 3 is 2.74 bits per heavy atom. The lowest BCUT2D eigenvalue weighted by atomic mass is 9.88. The number of anilines is 1. The fraction of sp³-hybridized carbons (Fsp3) is 0.227. The highest BCUT2D eigenvalue weighted by Crippen LogP contribution is 2.35. The van der Waals surface area contributed by atoms with Crippen molar-refractivity contribution in [3.63, 3.8) is 0 Å². The summed E-state index contributed by atoms with van der Waals surface area (Å²) in [6.07, 6.45) is 5.54. The van der Waals surface area contributed by atoms with Crippen molar-refractivity contribution in [3.05, 3.63) is 81.5 Å². The van der Waals surface area contributed by atoms with Crippen molar-refractivity contribution in [2.24, 2.45) is 7.05 Å². The number of aromatic nitrogens is 2. The van der Waals surface area contributed by atoms with Crippen LogP contribution in [0.25, 0.3) is 11.1 Å². The highest BCUT2D eigenvalue weighted by molar-refractivity contribution is 5.95. The molecule has 1 aliphatic rings. The molecule has 0 radical (unpaired) electrons. The molecule has 3 heterocycles. The third-order valence-electron chi connectivity index (χ3n) is 5.06. The van der Waals surface area contributed by atoms with Crippen LogP contribution in [0.1, 0.15) is 28.8 Å². The summed E-state index contributed by atoms with van der Waals surface area (Å²) in [5.74, 6) is 0.0528. The highest BCUT2D eigenvalue weighted by atomic mass is 16.1. The van der Waals surface area contributed by atoms with Gasteiger partial charge in [-0.1, -0.05) is 12.1 Å². The van der Waals surface area contributed by atoms with Gasteiger partial charge in [-0.05, 0) is 59.9 Å². The average Bonchev–Trinajstić information content (AvgIpc) is 2.66. The van der Waals surface area contributed by atoms with Crippen LogP contribution in [0, 0.1) is 6.92 Å². The van der Waals surface area contributed by atoms with Gasteiger partial charge in [-0.2, -0.15) is 0 Å². The van der Waals surface area contributed by atoms with Crippen molar-refractivity contribution < 1.29 is 4.79 Å².